The fraction of sp³-hybridized carbons (Fsp3) is 0.375. The smallest absolute Gasteiger partial charge is 0.481 e. The first-order valence-corrected chi connectivity index (χ1v) is 4.40. The summed E-state index contributed by atoms with van der Waals surface area (Å²) in [4.78, 5) is 4.19. The molecule has 5 nitrogen and oxygen atoms in total. The van der Waals surface area contributed by atoms with E-state index in [-0.39, 0.29) is 5.88 Å². The molecule has 1 aliphatic heterocycles. The van der Waals surface area contributed by atoms with Gasteiger partial charge in [-0.15, -0.1) is 0 Å². The van der Waals surface area contributed by atoms with Gasteiger partial charge in [0.15, 0.2) is 0 Å². The van der Waals surface area contributed by atoms with Crippen LogP contribution in [0.15, 0.2) is 6.07 Å². The van der Waals surface area contributed by atoms with Crippen LogP contribution in [0.1, 0.15) is 5.69 Å². The van der Waals surface area contributed by atoms with Crippen molar-refractivity contribution in [3.63, 3.8) is 0 Å². The van der Waals surface area contributed by atoms with Crippen molar-refractivity contribution in [3.05, 3.63) is 11.8 Å². The first-order valence-electron chi connectivity index (χ1n) is 4.40. The molecule has 0 unspecified atom stereocenters. The second-order valence-corrected chi connectivity index (χ2v) is 3.13. The number of hydrogen-bond acceptors (Lipinski definition) is 5. The van der Waals surface area contributed by atoms with Gasteiger partial charge in [-0.05, 0) is 6.07 Å². The van der Waals surface area contributed by atoms with Crippen LogP contribution in [-0.4, -0.2) is 35.8 Å². The van der Waals surface area contributed by atoms with Crippen LogP contribution >= 0.6 is 0 Å². The van der Waals surface area contributed by atoms with Gasteiger partial charge in [0.1, 0.15) is 0 Å². The van der Waals surface area contributed by atoms with E-state index in [9.17, 15) is 0 Å². The number of hydrogen-bond donors (Lipinski definition) is 3. The highest BCUT2D eigenvalue weighted by atomic mass is 16.5. The molecule has 0 atom stereocenters. The average molecular weight is 194 g/mol. The number of ether oxygens (including phenoxy) is 1. The van der Waals surface area contributed by atoms with Crippen molar-refractivity contribution in [2.24, 2.45) is 0 Å². The van der Waals surface area contributed by atoms with E-state index < -0.39 is 7.12 Å². The highest BCUT2D eigenvalue weighted by molar-refractivity contribution is 6.59. The van der Waals surface area contributed by atoms with Gasteiger partial charge in [-0.25, -0.2) is 4.98 Å². The molecule has 0 spiro atoms. The van der Waals surface area contributed by atoms with Crippen molar-refractivity contribution >= 4 is 18.3 Å². The molecular weight excluding hydrogens is 183 g/mol. The van der Waals surface area contributed by atoms with Gasteiger partial charge in [0.05, 0.1) is 18.5 Å². The summed E-state index contributed by atoms with van der Waals surface area (Å²) in [5.41, 5.74) is 2.06. The molecule has 0 radical (unpaired) electrons. The molecule has 14 heavy (non-hydrogen) atoms. The van der Waals surface area contributed by atoms with Gasteiger partial charge in [0.2, 0.25) is 5.88 Å². The minimum atomic E-state index is -1.55. The molecule has 1 aliphatic rings. The molecule has 0 aromatic carbocycles. The maximum Gasteiger partial charge on any atom is 0.494 e. The van der Waals surface area contributed by atoms with E-state index in [2.05, 4.69) is 10.3 Å². The SMILES string of the molecule is COc1nc2c(cc1B(O)O)NCC2. The number of nitrogens with one attached hydrogen (secondary N) is 1. The molecule has 6 heteroatoms. The van der Waals surface area contributed by atoms with Crippen molar-refractivity contribution in [1.29, 1.82) is 0 Å². The Labute approximate surface area is 81.9 Å². The Balaban J connectivity index is 2.49. The average Bonchev–Trinajstić information content (AvgIpc) is 2.62. The van der Waals surface area contributed by atoms with E-state index >= 15 is 0 Å². The predicted molar refractivity (Wildman–Crippen MR) is 52.8 cm³/mol. The topological polar surface area (TPSA) is 74.6 Å². The maximum atomic E-state index is 9.07. The Hall–Kier alpha value is -1.27. The van der Waals surface area contributed by atoms with Crippen LogP contribution in [0.3, 0.4) is 0 Å². The number of anilines is 1. The van der Waals surface area contributed by atoms with E-state index in [0.717, 1.165) is 24.3 Å². The lowest BCUT2D eigenvalue weighted by molar-refractivity contribution is 0.390. The molecule has 2 heterocycles. The lowest BCUT2D eigenvalue weighted by atomic mass is 9.80. The molecule has 0 saturated carbocycles. The van der Waals surface area contributed by atoms with E-state index in [1.54, 1.807) is 6.07 Å². The Morgan fingerprint density at radius 1 is 1.57 bits per heavy atom. The molecule has 1 aromatic heterocycles. The lowest BCUT2D eigenvalue weighted by Crippen LogP contribution is -2.32. The highest BCUT2D eigenvalue weighted by Gasteiger charge is 2.23. The largest absolute Gasteiger partial charge is 0.494 e. The Bertz CT molecular complexity index is 357. The minimum absolute atomic E-state index is 0.280. The summed E-state index contributed by atoms with van der Waals surface area (Å²) < 4.78 is 4.97. The zero-order valence-corrected chi connectivity index (χ0v) is 7.82. The quantitative estimate of drug-likeness (QED) is 0.512. The molecule has 0 saturated heterocycles. The monoisotopic (exact) mass is 194 g/mol. The van der Waals surface area contributed by atoms with Gasteiger partial charge in [0, 0.05) is 18.4 Å². The molecule has 0 aliphatic carbocycles. The van der Waals surface area contributed by atoms with Crippen molar-refractivity contribution in [2.45, 2.75) is 6.42 Å². The normalized spacial score (nSPS) is 13.4. The van der Waals surface area contributed by atoms with E-state index in [1.807, 2.05) is 0 Å². The number of aromatic nitrogens is 1. The van der Waals surface area contributed by atoms with E-state index in [0.29, 0.717) is 5.46 Å². The van der Waals surface area contributed by atoms with E-state index in [4.69, 9.17) is 14.8 Å². The summed E-state index contributed by atoms with van der Waals surface area (Å²) in [5.74, 6) is 0.280. The predicted octanol–water partition coefficient (Wildman–Crippen LogP) is -1.26. The summed E-state index contributed by atoms with van der Waals surface area (Å²) in [5, 5.41) is 21.3. The number of fused-ring (bicyclic) bond motifs is 1. The van der Waals surface area contributed by atoms with Crippen LogP contribution < -0.4 is 15.5 Å². The van der Waals surface area contributed by atoms with E-state index in [1.165, 1.54) is 7.11 Å². The van der Waals surface area contributed by atoms with Crippen molar-refractivity contribution in [2.75, 3.05) is 19.0 Å². The Morgan fingerprint density at radius 3 is 3.00 bits per heavy atom. The van der Waals surface area contributed by atoms with Gasteiger partial charge in [-0.3, -0.25) is 0 Å². The zero-order chi connectivity index (χ0) is 10.1. The minimum Gasteiger partial charge on any atom is -0.481 e. The van der Waals surface area contributed by atoms with Gasteiger partial charge in [-0.2, -0.15) is 0 Å². The second-order valence-electron chi connectivity index (χ2n) is 3.13. The van der Waals surface area contributed by atoms with Crippen LogP contribution in [0.2, 0.25) is 0 Å². The van der Waals surface area contributed by atoms with Crippen molar-refractivity contribution < 1.29 is 14.8 Å². The van der Waals surface area contributed by atoms with Crippen LogP contribution in [0.25, 0.3) is 0 Å². The van der Waals surface area contributed by atoms with Crippen LogP contribution in [0.4, 0.5) is 5.69 Å². The fourth-order valence-electron chi connectivity index (χ4n) is 1.56. The van der Waals surface area contributed by atoms with Crippen LogP contribution in [-0.2, 0) is 6.42 Å². The third kappa shape index (κ3) is 1.42. The van der Waals surface area contributed by atoms with Gasteiger partial charge >= 0.3 is 7.12 Å². The number of nitrogens with zero attached hydrogens (tertiary/aromatic N) is 1. The molecule has 0 fully saturated rings. The number of pyridine rings is 1. The van der Waals surface area contributed by atoms with Gasteiger partial charge < -0.3 is 20.1 Å². The Morgan fingerprint density at radius 2 is 2.36 bits per heavy atom. The zero-order valence-electron chi connectivity index (χ0n) is 7.82. The highest BCUT2D eigenvalue weighted by Crippen LogP contribution is 2.21. The molecule has 1 aromatic rings. The Kier molecular flexibility index (Phi) is 2.31. The number of methoxy groups -OCH3 is 1. The summed E-state index contributed by atoms with van der Waals surface area (Å²) in [7, 11) is -0.0895. The molecule has 0 amide bonds. The molecule has 3 N–H and O–H groups in total. The summed E-state index contributed by atoms with van der Waals surface area (Å²) in [6.45, 7) is 0.830. The molecule has 0 bridgehead atoms. The number of rotatable bonds is 2. The lowest BCUT2D eigenvalue weighted by Gasteiger charge is -2.08. The van der Waals surface area contributed by atoms with Crippen LogP contribution in [0.5, 0.6) is 5.88 Å². The maximum absolute atomic E-state index is 9.07. The second kappa shape index (κ2) is 3.47. The summed E-state index contributed by atoms with van der Waals surface area (Å²) in [6, 6.07) is 1.67. The molecular formula is C8H11BN2O3. The van der Waals surface area contributed by atoms with Crippen molar-refractivity contribution in [3.8, 4) is 5.88 Å². The van der Waals surface area contributed by atoms with Gasteiger partial charge in [0.25, 0.3) is 0 Å². The summed E-state index contributed by atoms with van der Waals surface area (Å²) >= 11 is 0. The third-order valence-electron chi connectivity index (χ3n) is 2.24. The fourth-order valence-corrected chi connectivity index (χ4v) is 1.56. The standard InChI is InChI=1S/C8H11BN2O3/c1-14-8-5(9(12)13)4-7-6(11-8)2-3-10-7/h4,10,12-13H,2-3H2,1H3. The first kappa shape index (κ1) is 9.30. The molecule has 2 rings (SSSR count). The van der Waals surface area contributed by atoms with Crippen molar-refractivity contribution in [1.82, 2.24) is 4.98 Å². The summed E-state index contributed by atoms with van der Waals surface area (Å²) in [6.07, 6.45) is 0.841. The first-order chi connectivity index (χ1) is 6.72. The molecule has 74 valence electrons. The van der Waals surface area contributed by atoms with Gasteiger partial charge in [-0.1, -0.05) is 0 Å². The third-order valence-corrected chi connectivity index (χ3v) is 2.24. The van der Waals surface area contributed by atoms with Crippen LogP contribution in [0, 0.1) is 0 Å².